The summed E-state index contributed by atoms with van der Waals surface area (Å²) in [6.07, 6.45) is 11.0. The zero-order valence-electron chi connectivity index (χ0n) is 24.5. The lowest BCUT2D eigenvalue weighted by Gasteiger charge is -2.11. The van der Waals surface area contributed by atoms with Crippen molar-refractivity contribution in [3.05, 3.63) is 107 Å². The maximum Gasteiger partial charge on any atom is 0.158 e. The number of nitrogens with zero attached hydrogens (tertiary/aromatic N) is 3. The van der Waals surface area contributed by atoms with Gasteiger partial charge in [0.05, 0.1) is 5.69 Å². The van der Waals surface area contributed by atoms with E-state index in [1.807, 2.05) is 50.5 Å². The highest BCUT2D eigenvalue weighted by Crippen LogP contribution is 2.28. The predicted molar refractivity (Wildman–Crippen MR) is 167 cm³/mol. The minimum Gasteiger partial charge on any atom is -0.340 e. The fourth-order valence-corrected chi connectivity index (χ4v) is 5.27. The lowest BCUT2D eigenvalue weighted by Crippen LogP contribution is -2.20. The first-order chi connectivity index (χ1) is 20.5. The number of halogens is 1. The Morgan fingerprint density at radius 1 is 1.02 bits per heavy atom. The second-order valence-electron chi connectivity index (χ2n) is 10.8. The molecule has 3 heterocycles. The van der Waals surface area contributed by atoms with Gasteiger partial charge in [-0.05, 0) is 99.2 Å². The lowest BCUT2D eigenvalue weighted by atomic mass is 10.0. The molecule has 5 rings (SSSR count). The number of aryl methyl sites for hydroxylation is 2. The molecular formula is C35H37FN6. The van der Waals surface area contributed by atoms with Crippen LogP contribution in [0.25, 0.3) is 28.2 Å². The van der Waals surface area contributed by atoms with Crippen LogP contribution in [0.4, 0.5) is 4.39 Å². The van der Waals surface area contributed by atoms with Crippen LogP contribution >= 0.6 is 0 Å². The van der Waals surface area contributed by atoms with E-state index in [1.165, 1.54) is 37.8 Å². The van der Waals surface area contributed by atoms with Crippen LogP contribution in [-0.4, -0.2) is 31.7 Å². The number of hydrogen-bond donors (Lipinski definition) is 3. The first-order valence-electron chi connectivity index (χ1n) is 14.5. The highest BCUT2D eigenvalue weighted by Gasteiger charge is 2.16. The largest absolute Gasteiger partial charge is 0.340 e. The molecule has 1 aliphatic carbocycles. The van der Waals surface area contributed by atoms with Crippen LogP contribution in [0.3, 0.4) is 0 Å². The molecule has 3 aromatic heterocycles. The van der Waals surface area contributed by atoms with Gasteiger partial charge >= 0.3 is 0 Å². The molecule has 0 aliphatic heterocycles. The van der Waals surface area contributed by atoms with E-state index in [9.17, 15) is 4.39 Å². The van der Waals surface area contributed by atoms with Gasteiger partial charge in [-0.15, -0.1) is 5.92 Å². The average Bonchev–Trinajstić information content (AvgIpc) is 3.67. The highest BCUT2D eigenvalue weighted by atomic mass is 19.1. The van der Waals surface area contributed by atoms with Gasteiger partial charge in [-0.25, -0.2) is 9.37 Å². The Hall–Kier alpha value is -4.54. The van der Waals surface area contributed by atoms with Crippen molar-refractivity contribution in [2.24, 2.45) is 5.92 Å². The van der Waals surface area contributed by atoms with Crippen molar-refractivity contribution in [2.45, 2.75) is 53.0 Å². The summed E-state index contributed by atoms with van der Waals surface area (Å²) in [4.78, 5) is 12.9. The quantitative estimate of drug-likeness (QED) is 0.195. The number of hydrogen-bond acceptors (Lipinski definition) is 4. The summed E-state index contributed by atoms with van der Waals surface area (Å²) in [7, 11) is 0. The molecule has 0 spiro atoms. The topological polar surface area (TPSA) is 82.3 Å². The zero-order valence-corrected chi connectivity index (χ0v) is 24.5. The smallest absolute Gasteiger partial charge is 0.158 e. The van der Waals surface area contributed by atoms with Crippen LogP contribution in [0.1, 0.15) is 60.8 Å². The molecule has 1 aromatic carbocycles. The van der Waals surface area contributed by atoms with Crippen LogP contribution < -0.4 is 5.32 Å². The fraction of sp³-hybridized carbons (Fsp3) is 0.286. The molecule has 0 atom stereocenters. The summed E-state index contributed by atoms with van der Waals surface area (Å²) in [5.41, 5.74) is 7.99. The molecule has 0 bridgehead atoms. The van der Waals surface area contributed by atoms with Gasteiger partial charge in [-0.3, -0.25) is 10.1 Å². The summed E-state index contributed by atoms with van der Waals surface area (Å²) in [6.45, 7) is 7.58. The van der Waals surface area contributed by atoms with Gasteiger partial charge in [0.15, 0.2) is 5.82 Å². The zero-order chi connectivity index (χ0) is 29.3. The van der Waals surface area contributed by atoms with Crippen LogP contribution in [0.5, 0.6) is 0 Å². The number of pyridine rings is 1. The molecule has 0 radical (unpaired) electrons. The average molecular weight is 561 g/mol. The van der Waals surface area contributed by atoms with Crippen LogP contribution in [-0.2, 0) is 6.54 Å². The molecule has 6 nitrogen and oxygen atoms in total. The maximum atomic E-state index is 13.6. The SMILES string of the molecule is CC#C/C=C(/c1ccc(F)cc1)c1nc(-c2ccc(-c3cncc(CNCC4CCCC4)c3)ccc(C)[nH]n2)[nH]c1C. The molecule has 0 saturated heterocycles. The predicted octanol–water partition coefficient (Wildman–Crippen LogP) is 7.48. The third-order valence-corrected chi connectivity index (χ3v) is 7.55. The number of nitrogens with one attached hydrogen (secondary N) is 3. The van der Waals surface area contributed by atoms with Gasteiger partial charge < -0.3 is 10.3 Å². The third-order valence-electron chi connectivity index (χ3n) is 7.55. The fourth-order valence-electron chi connectivity index (χ4n) is 5.27. The molecule has 0 amide bonds. The van der Waals surface area contributed by atoms with E-state index in [0.717, 1.165) is 63.9 Å². The molecular weight excluding hydrogens is 523 g/mol. The second-order valence-corrected chi connectivity index (χ2v) is 10.8. The minimum absolute atomic E-state index is 0.288. The van der Waals surface area contributed by atoms with Crippen molar-refractivity contribution in [3.63, 3.8) is 0 Å². The molecule has 4 aromatic rings. The Bertz CT molecular complexity index is 1660. The van der Waals surface area contributed by atoms with Crippen LogP contribution in [0.15, 0.2) is 73.1 Å². The molecule has 0 unspecified atom stereocenters. The Kier molecular flexibility index (Phi) is 9.58. The summed E-state index contributed by atoms with van der Waals surface area (Å²) in [5, 5.41) is 11.4. The van der Waals surface area contributed by atoms with Crippen LogP contribution in [0.2, 0.25) is 0 Å². The standard InChI is InChI=1S/C35H37FN6/c1-4-5-10-32(29-13-16-31(36)17-14-29)34-25(3)39-35(40-34)33-18-15-28(12-11-24(2)41-42-33)30-19-27(22-38-23-30)21-37-20-26-8-6-7-9-26/h10-19,22-23,26,37,41H,6-9,20-21H2,1-3H3,(H,39,40)/b18-15?,24-11?,28-12?,32-10-,42-33?. The second kappa shape index (κ2) is 13.9. The number of allylic oxidation sites excluding steroid dienone is 1. The summed E-state index contributed by atoms with van der Waals surface area (Å²) >= 11 is 0. The molecule has 214 valence electrons. The Balaban J connectivity index is 1.46. The van der Waals surface area contributed by atoms with Crippen molar-refractivity contribution in [3.8, 4) is 34.5 Å². The Labute approximate surface area is 247 Å². The number of aromatic nitrogens is 5. The van der Waals surface area contributed by atoms with E-state index in [0.29, 0.717) is 11.5 Å². The van der Waals surface area contributed by atoms with E-state index >= 15 is 0 Å². The summed E-state index contributed by atoms with van der Waals surface area (Å²) in [5.74, 6) is 7.05. The molecule has 1 saturated carbocycles. The number of aromatic amines is 2. The number of H-pyrrole nitrogens is 2. The monoisotopic (exact) mass is 560 g/mol. The molecule has 3 N–H and O–H groups in total. The molecule has 1 fully saturated rings. The van der Waals surface area contributed by atoms with E-state index in [4.69, 9.17) is 4.98 Å². The summed E-state index contributed by atoms with van der Waals surface area (Å²) < 4.78 is 13.6. The van der Waals surface area contributed by atoms with Crippen molar-refractivity contribution in [1.29, 1.82) is 0 Å². The van der Waals surface area contributed by atoms with Crippen molar-refractivity contribution < 1.29 is 4.39 Å². The van der Waals surface area contributed by atoms with E-state index < -0.39 is 0 Å². The first-order valence-corrected chi connectivity index (χ1v) is 14.5. The molecule has 1 aliphatic rings. The van der Waals surface area contributed by atoms with Gasteiger partial charge in [0, 0.05) is 41.5 Å². The maximum absolute atomic E-state index is 13.6. The van der Waals surface area contributed by atoms with Crippen molar-refractivity contribution >= 4 is 5.57 Å². The van der Waals surface area contributed by atoms with Gasteiger partial charge in [-0.2, -0.15) is 5.10 Å². The Morgan fingerprint density at radius 2 is 1.81 bits per heavy atom. The van der Waals surface area contributed by atoms with Gasteiger partial charge in [-0.1, -0.05) is 43.0 Å². The van der Waals surface area contributed by atoms with Gasteiger partial charge in [0.25, 0.3) is 0 Å². The molecule has 42 heavy (non-hydrogen) atoms. The van der Waals surface area contributed by atoms with Crippen molar-refractivity contribution in [2.75, 3.05) is 6.54 Å². The lowest BCUT2D eigenvalue weighted by molar-refractivity contribution is 0.489. The van der Waals surface area contributed by atoms with E-state index in [1.54, 1.807) is 19.1 Å². The highest BCUT2D eigenvalue weighted by molar-refractivity contribution is 5.81. The van der Waals surface area contributed by atoms with Gasteiger partial charge in [0.1, 0.15) is 11.5 Å². The summed E-state index contributed by atoms with van der Waals surface area (Å²) in [6, 6.07) is 16.6. The number of benzene rings is 1. The van der Waals surface area contributed by atoms with Gasteiger partial charge in [0.2, 0.25) is 0 Å². The minimum atomic E-state index is -0.288. The van der Waals surface area contributed by atoms with E-state index in [2.05, 4.69) is 49.5 Å². The first kappa shape index (κ1) is 29.0. The molecule has 7 heteroatoms. The van der Waals surface area contributed by atoms with Crippen molar-refractivity contribution in [1.82, 2.24) is 30.5 Å². The normalized spacial score (nSPS) is 13.5. The number of imidazole rings is 1. The Morgan fingerprint density at radius 3 is 2.60 bits per heavy atom. The van der Waals surface area contributed by atoms with Crippen LogP contribution in [0, 0.1) is 37.4 Å². The number of rotatable bonds is 8. The van der Waals surface area contributed by atoms with E-state index in [-0.39, 0.29) is 5.82 Å². The third kappa shape index (κ3) is 7.39.